The summed E-state index contributed by atoms with van der Waals surface area (Å²) in [5, 5.41) is 11.0. The first-order valence-electron chi connectivity index (χ1n) is 13.0. The Hall–Kier alpha value is -2.12. The van der Waals surface area contributed by atoms with Crippen LogP contribution in [0.5, 0.6) is 0 Å². The minimum atomic E-state index is -1.04. The fraction of sp³-hybridized carbons (Fsp3) is 0.517. The van der Waals surface area contributed by atoms with Gasteiger partial charge in [0.2, 0.25) is 5.91 Å². The zero-order chi connectivity index (χ0) is 26.7. The molecule has 0 radical (unpaired) electrons. The van der Waals surface area contributed by atoms with E-state index in [1.165, 1.54) is 0 Å². The number of aliphatic carboxylic acids is 1. The summed E-state index contributed by atoms with van der Waals surface area (Å²) in [6.07, 6.45) is 0.959. The molecule has 0 aromatic heterocycles. The van der Waals surface area contributed by atoms with Crippen LogP contribution in [0.1, 0.15) is 63.1 Å². The van der Waals surface area contributed by atoms with Crippen LogP contribution in [0.25, 0.3) is 0 Å². The van der Waals surface area contributed by atoms with E-state index in [-0.39, 0.29) is 30.3 Å². The van der Waals surface area contributed by atoms with Crippen molar-refractivity contribution < 1.29 is 19.4 Å². The number of carbonyl (C=O) groups excluding carboxylic acids is 1. The standard InChI is InChI=1S/C29H36Cl2N2O4/c1-19(11-12-32-13-14-37-18-20(32)2)33-27(21-7-9-23(30)10-8-21)25(22-5-4-6-24(31)15-22)16-29(3,28(33)36)17-26(34)35/h4-10,15,19-20,25,27H,11-14,16-18H2,1-3H3,(H,34,35)/t19-,20+,25+,27+,29+/m0/s1. The quantitative estimate of drug-likeness (QED) is 0.437. The molecule has 1 N–H and O–H groups in total. The molecule has 0 aliphatic carbocycles. The smallest absolute Gasteiger partial charge is 0.304 e. The first kappa shape index (κ1) is 27.9. The molecule has 5 atom stereocenters. The largest absolute Gasteiger partial charge is 0.481 e. The number of hydrogen-bond donors (Lipinski definition) is 1. The van der Waals surface area contributed by atoms with Gasteiger partial charge in [0.15, 0.2) is 0 Å². The molecule has 4 rings (SSSR count). The van der Waals surface area contributed by atoms with Crippen molar-refractivity contribution in [2.75, 3.05) is 26.3 Å². The van der Waals surface area contributed by atoms with E-state index in [2.05, 4.69) is 18.7 Å². The Balaban J connectivity index is 1.76. The number of hydrogen-bond acceptors (Lipinski definition) is 4. The van der Waals surface area contributed by atoms with Gasteiger partial charge in [0, 0.05) is 41.1 Å². The lowest BCUT2D eigenvalue weighted by Gasteiger charge is -2.51. The second kappa shape index (κ2) is 11.7. The molecule has 2 aromatic rings. The molecule has 2 saturated heterocycles. The molecular formula is C29H36Cl2N2O4. The average Bonchev–Trinajstić information content (AvgIpc) is 2.85. The minimum absolute atomic E-state index is 0.113. The van der Waals surface area contributed by atoms with Crippen LogP contribution in [0.4, 0.5) is 0 Å². The van der Waals surface area contributed by atoms with Crippen LogP contribution in [0, 0.1) is 5.41 Å². The summed E-state index contributed by atoms with van der Waals surface area (Å²) in [4.78, 5) is 30.5. The van der Waals surface area contributed by atoms with Crippen LogP contribution >= 0.6 is 23.2 Å². The lowest BCUT2D eigenvalue weighted by molar-refractivity contribution is -0.160. The van der Waals surface area contributed by atoms with Crippen molar-refractivity contribution >= 4 is 35.1 Å². The monoisotopic (exact) mass is 546 g/mol. The number of carboxylic acid groups (broad SMARTS) is 1. The molecule has 37 heavy (non-hydrogen) atoms. The molecule has 2 aliphatic heterocycles. The van der Waals surface area contributed by atoms with Gasteiger partial charge in [0.05, 0.1) is 31.1 Å². The zero-order valence-corrected chi connectivity index (χ0v) is 23.2. The third-order valence-corrected chi connectivity index (χ3v) is 8.43. The highest BCUT2D eigenvalue weighted by Gasteiger charge is 2.51. The highest BCUT2D eigenvalue weighted by molar-refractivity contribution is 6.30. The van der Waals surface area contributed by atoms with E-state index in [9.17, 15) is 14.7 Å². The van der Waals surface area contributed by atoms with E-state index in [4.69, 9.17) is 27.9 Å². The lowest BCUT2D eigenvalue weighted by Crippen LogP contribution is -2.56. The molecule has 6 nitrogen and oxygen atoms in total. The third-order valence-electron chi connectivity index (χ3n) is 7.95. The number of likely N-dealkylation sites (tertiary alicyclic amines) is 1. The molecule has 2 aliphatic rings. The summed E-state index contributed by atoms with van der Waals surface area (Å²) in [6.45, 7) is 9.15. The van der Waals surface area contributed by atoms with Gasteiger partial charge in [0.1, 0.15) is 0 Å². The van der Waals surface area contributed by atoms with Crippen LogP contribution in [0.3, 0.4) is 0 Å². The van der Waals surface area contributed by atoms with Crippen molar-refractivity contribution in [2.24, 2.45) is 5.41 Å². The van der Waals surface area contributed by atoms with E-state index < -0.39 is 11.4 Å². The third kappa shape index (κ3) is 6.31. The molecular weight excluding hydrogens is 511 g/mol. The number of piperidine rings is 1. The van der Waals surface area contributed by atoms with Gasteiger partial charge in [-0.25, -0.2) is 0 Å². The zero-order valence-electron chi connectivity index (χ0n) is 21.7. The maximum Gasteiger partial charge on any atom is 0.304 e. The molecule has 2 heterocycles. The Morgan fingerprint density at radius 1 is 1.16 bits per heavy atom. The summed E-state index contributed by atoms with van der Waals surface area (Å²) in [7, 11) is 0. The number of amides is 1. The first-order chi connectivity index (χ1) is 17.6. The van der Waals surface area contributed by atoms with Crippen molar-refractivity contribution in [1.29, 1.82) is 0 Å². The van der Waals surface area contributed by atoms with Crippen LogP contribution in [0.2, 0.25) is 10.0 Å². The molecule has 2 fully saturated rings. The molecule has 200 valence electrons. The fourth-order valence-electron chi connectivity index (χ4n) is 5.95. The molecule has 0 spiro atoms. The number of halogens is 2. The number of carbonyl (C=O) groups is 2. The fourth-order valence-corrected chi connectivity index (χ4v) is 6.27. The number of nitrogens with zero attached hydrogens (tertiary/aromatic N) is 2. The molecule has 0 bridgehead atoms. The Bertz CT molecular complexity index is 1110. The Labute approximate surface area is 229 Å². The van der Waals surface area contributed by atoms with Crippen molar-refractivity contribution in [3.8, 4) is 0 Å². The van der Waals surface area contributed by atoms with Gasteiger partial charge in [-0.2, -0.15) is 0 Å². The number of ether oxygens (including phenoxy) is 1. The molecule has 1 amide bonds. The maximum absolute atomic E-state index is 14.2. The normalized spacial score (nSPS) is 27.8. The molecule has 0 saturated carbocycles. The SMILES string of the molecule is C[C@@H]1COCCN1CC[C@H](C)N1C(=O)[C@@](C)(CC(=O)O)C[C@H](c2cccc(Cl)c2)[C@H]1c1ccc(Cl)cc1. The Morgan fingerprint density at radius 2 is 1.89 bits per heavy atom. The molecule has 0 unspecified atom stereocenters. The Kier molecular flexibility index (Phi) is 8.85. The first-order valence-corrected chi connectivity index (χ1v) is 13.7. The highest BCUT2D eigenvalue weighted by atomic mass is 35.5. The van der Waals surface area contributed by atoms with Crippen molar-refractivity contribution in [1.82, 2.24) is 9.80 Å². The van der Waals surface area contributed by atoms with Crippen LogP contribution in [0.15, 0.2) is 48.5 Å². The molecule has 2 aromatic carbocycles. The predicted molar refractivity (Wildman–Crippen MR) is 146 cm³/mol. The van der Waals surface area contributed by atoms with E-state index in [0.29, 0.717) is 35.7 Å². The topological polar surface area (TPSA) is 70.1 Å². The second-order valence-electron chi connectivity index (χ2n) is 10.8. The number of carboxylic acids is 1. The summed E-state index contributed by atoms with van der Waals surface area (Å²) < 4.78 is 5.59. The number of benzene rings is 2. The van der Waals surface area contributed by atoms with Crippen LogP contribution in [-0.4, -0.2) is 65.2 Å². The average molecular weight is 548 g/mol. The highest BCUT2D eigenvalue weighted by Crippen LogP contribution is 2.52. The van der Waals surface area contributed by atoms with Gasteiger partial charge in [-0.1, -0.05) is 54.4 Å². The van der Waals surface area contributed by atoms with Gasteiger partial charge >= 0.3 is 5.97 Å². The number of rotatable bonds is 8. The minimum Gasteiger partial charge on any atom is -0.481 e. The summed E-state index contributed by atoms with van der Waals surface area (Å²) in [5.74, 6) is -1.22. The van der Waals surface area contributed by atoms with Crippen molar-refractivity contribution in [2.45, 2.75) is 64.1 Å². The summed E-state index contributed by atoms with van der Waals surface area (Å²) in [5.41, 5.74) is 0.935. The van der Waals surface area contributed by atoms with E-state index >= 15 is 0 Å². The summed E-state index contributed by atoms with van der Waals surface area (Å²) in [6, 6.07) is 15.3. The van der Waals surface area contributed by atoms with Crippen molar-refractivity contribution in [3.63, 3.8) is 0 Å². The molecule has 8 heteroatoms. The predicted octanol–water partition coefficient (Wildman–Crippen LogP) is 6.03. The van der Waals surface area contributed by atoms with Gasteiger partial charge < -0.3 is 14.7 Å². The van der Waals surface area contributed by atoms with E-state index in [1.807, 2.05) is 53.4 Å². The van der Waals surface area contributed by atoms with Crippen molar-refractivity contribution in [3.05, 3.63) is 69.7 Å². The Morgan fingerprint density at radius 3 is 2.54 bits per heavy atom. The number of morpholine rings is 1. The van der Waals surface area contributed by atoms with Crippen LogP contribution in [-0.2, 0) is 14.3 Å². The van der Waals surface area contributed by atoms with Crippen LogP contribution < -0.4 is 0 Å². The van der Waals surface area contributed by atoms with Gasteiger partial charge in [-0.15, -0.1) is 0 Å². The van der Waals surface area contributed by atoms with Gasteiger partial charge in [-0.3, -0.25) is 14.5 Å². The lowest BCUT2D eigenvalue weighted by atomic mass is 9.67. The summed E-state index contributed by atoms with van der Waals surface area (Å²) >= 11 is 12.6. The second-order valence-corrected chi connectivity index (χ2v) is 11.7. The van der Waals surface area contributed by atoms with Gasteiger partial charge in [0.25, 0.3) is 0 Å². The van der Waals surface area contributed by atoms with Gasteiger partial charge in [-0.05, 0) is 62.1 Å². The van der Waals surface area contributed by atoms with E-state index in [0.717, 1.165) is 30.6 Å². The van der Waals surface area contributed by atoms with E-state index in [1.54, 1.807) is 6.92 Å². The maximum atomic E-state index is 14.2.